The molecule has 0 atom stereocenters. The van der Waals surface area contributed by atoms with Crippen LogP contribution in [0, 0.1) is 0 Å². The summed E-state index contributed by atoms with van der Waals surface area (Å²) in [4.78, 5) is 26.0. The highest BCUT2D eigenvalue weighted by Gasteiger charge is 2.14. The zero-order valence-corrected chi connectivity index (χ0v) is 13.8. The first-order chi connectivity index (χ1) is 10.6. The van der Waals surface area contributed by atoms with Crippen LogP contribution in [0.3, 0.4) is 0 Å². The van der Waals surface area contributed by atoms with Gasteiger partial charge in [0.15, 0.2) is 0 Å². The zero-order chi connectivity index (χ0) is 16.4. The summed E-state index contributed by atoms with van der Waals surface area (Å²) in [6.45, 7) is 9.67. The molecule has 5 nitrogen and oxygen atoms in total. The number of amides is 2. The highest BCUT2D eigenvalue weighted by atomic mass is 16.2. The van der Waals surface area contributed by atoms with Gasteiger partial charge in [-0.25, -0.2) is 0 Å². The summed E-state index contributed by atoms with van der Waals surface area (Å²) in [5.74, 6) is -1.19. The lowest BCUT2D eigenvalue weighted by Crippen LogP contribution is -2.37. The van der Waals surface area contributed by atoms with E-state index in [1.54, 1.807) is 0 Å². The SMILES string of the molecule is CCc1ccccc1NC(=O)C(=O)NCCCN(CC)CC. The van der Waals surface area contributed by atoms with Gasteiger partial charge in [-0.05, 0) is 44.1 Å². The van der Waals surface area contributed by atoms with Gasteiger partial charge in [-0.15, -0.1) is 0 Å². The van der Waals surface area contributed by atoms with E-state index in [0.29, 0.717) is 12.2 Å². The summed E-state index contributed by atoms with van der Waals surface area (Å²) in [5, 5.41) is 5.34. The Kier molecular flexibility index (Phi) is 8.22. The van der Waals surface area contributed by atoms with Crippen molar-refractivity contribution in [2.75, 3.05) is 31.5 Å². The molecule has 22 heavy (non-hydrogen) atoms. The number of hydrogen-bond donors (Lipinski definition) is 2. The van der Waals surface area contributed by atoms with E-state index < -0.39 is 11.8 Å². The fourth-order valence-electron chi connectivity index (χ4n) is 2.25. The molecule has 0 aliphatic heterocycles. The van der Waals surface area contributed by atoms with E-state index in [9.17, 15) is 9.59 Å². The minimum absolute atomic E-state index is 0.512. The quantitative estimate of drug-likeness (QED) is 0.571. The highest BCUT2D eigenvalue weighted by Crippen LogP contribution is 2.14. The number of benzene rings is 1. The number of rotatable bonds is 8. The van der Waals surface area contributed by atoms with Gasteiger partial charge in [0.25, 0.3) is 0 Å². The maximum absolute atomic E-state index is 11.9. The predicted molar refractivity (Wildman–Crippen MR) is 89.9 cm³/mol. The van der Waals surface area contributed by atoms with Gasteiger partial charge in [-0.2, -0.15) is 0 Å². The maximum atomic E-state index is 11.9. The number of hydrogen-bond acceptors (Lipinski definition) is 3. The van der Waals surface area contributed by atoms with Gasteiger partial charge in [-0.3, -0.25) is 9.59 Å². The van der Waals surface area contributed by atoms with Crippen LogP contribution in [0.15, 0.2) is 24.3 Å². The summed E-state index contributed by atoms with van der Waals surface area (Å²) in [5.41, 5.74) is 1.72. The number of carbonyl (C=O) groups excluding carboxylic acids is 2. The molecule has 0 spiro atoms. The Balaban J connectivity index is 2.38. The van der Waals surface area contributed by atoms with E-state index in [4.69, 9.17) is 0 Å². The Morgan fingerprint density at radius 2 is 1.73 bits per heavy atom. The number of aryl methyl sites for hydroxylation is 1. The lowest BCUT2D eigenvalue weighted by atomic mass is 10.1. The molecule has 0 aromatic heterocycles. The summed E-state index contributed by atoms with van der Waals surface area (Å²) >= 11 is 0. The minimum Gasteiger partial charge on any atom is -0.348 e. The van der Waals surface area contributed by atoms with Gasteiger partial charge in [0.2, 0.25) is 0 Å². The highest BCUT2D eigenvalue weighted by molar-refractivity contribution is 6.39. The summed E-state index contributed by atoms with van der Waals surface area (Å²) in [6, 6.07) is 7.51. The van der Waals surface area contributed by atoms with E-state index in [-0.39, 0.29) is 0 Å². The first kappa shape index (κ1) is 18.2. The normalized spacial score (nSPS) is 10.5. The molecule has 122 valence electrons. The van der Waals surface area contributed by atoms with Crippen LogP contribution >= 0.6 is 0 Å². The van der Waals surface area contributed by atoms with Crippen LogP contribution < -0.4 is 10.6 Å². The number of nitrogens with one attached hydrogen (secondary N) is 2. The van der Waals surface area contributed by atoms with Crippen molar-refractivity contribution in [1.82, 2.24) is 10.2 Å². The van der Waals surface area contributed by atoms with Crippen molar-refractivity contribution in [2.45, 2.75) is 33.6 Å². The van der Waals surface area contributed by atoms with E-state index in [1.165, 1.54) is 0 Å². The number of carbonyl (C=O) groups is 2. The molecule has 0 fully saturated rings. The Bertz CT molecular complexity index is 485. The van der Waals surface area contributed by atoms with Crippen LogP contribution in [0.2, 0.25) is 0 Å². The molecule has 0 saturated carbocycles. The van der Waals surface area contributed by atoms with Crippen molar-refractivity contribution in [3.05, 3.63) is 29.8 Å². The average Bonchev–Trinajstić information content (AvgIpc) is 2.55. The van der Waals surface area contributed by atoms with Crippen molar-refractivity contribution < 1.29 is 9.59 Å². The van der Waals surface area contributed by atoms with E-state index in [1.807, 2.05) is 31.2 Å². The summed E-state index contributed by atoms with van der Waals surface area (Å²) < 4.78 is 0. The van der Waals surface area contributed by atoms with Gasteiger partial charge in [0.05, 0.1) is 0 Å². The van der Waals surface area contributed by atoms with Crippen LogP contribution in [-0.2, 0) is 16.0 Å². The number of nitrogens with zero attached hydrogens (tertiary/aromatic N) is 1. The van der Waals surface area contributed by atoms with Crippen molar-refractivity contribution in [1.29, 1.82) is 0 Å². The van der Waals surface area contributed by atoms with Gasteiger partial charge in [-0.1, -0.05) is 39.0 Å². The van der Waals surface area contributed by atoms with Gasteiger partial charge >= 0.3 is 11.8 Å². The molecule has 0 heterocycles. The first-order valence-electron chi connectivity index (χ1n) is 8.01. The van der Waals surface area contributed by atoms with E-state index >= 15 is 0 Å². The van der Waals surface area contributed by atoms with Crippen molar-refractivity contribution in [2.24, 2.45) is 0 Å². The fraction of sp³-hybridized carbons (Fsp3) is 0.529. The molecule has 0 aliphatic rings. The second-order valence-corrected chi connectivity index (χ2v) is 5.10. The van der Waals surface area contributed by atoms with Gasteiger partial charge in [0.1, 0.15) is 0 Å². The third-order valence-corrected chi connectivity index (χ3v) is 3.68. The zero-order valence-electron chi connectivity index (χ0n) is 13.8. The number of para-hydroxylation sites is 1. The third-order valence-electron chi connectivity index (χ3n) is 3.68. The smallest absolute Gasteiger partial charge is 0.313 e. The van der Waals surface area contributed by atoms with E-state index in [2.05, 4.69) is 29.4 Å². The molecule has 1 rings (SSSR count). The van der Waals surface area contributed by atoms with Crippen LogP contribution in [0.1, 0.15) is 32.8 Å². The molecule has 0 unspecified atom stereocenters. The molecule has 0 bridgehead atoms. The molecule has 0 aliphatic carbocycles. The lowest BCUT2D eigenvalue weighted by Gasteiger charge is -2.17. The van der Waals surface area contributed by atoms with Crippen LogP contribution in [0.5, 0.6) is 0 Å². The molecule has 0 radical (unpaired) electrons. The summed E-state index contributed by atoms with van der Waals surface area (Å²) in [7, 11) is 0. The standard InChI is InChI=1S/C17H27N3O2/c1-4-14-10-7-8-11-15(14)19-17(22)16(21)18-12-9-13-20(5-2)6-3/h7-8,10-11H,4-6,9,12-13H2,1-3H3,(H,18,21)(H,19,22). The van der Waals surface area contributed by atoms with Crippen molar-refractivity contribution >= 4 is 17.5 Å². The lowest BCUT2D eigenvalue weighted by molar-refractivity contribution is -0.136. The predicted octanol–water partition coefficient (Wildman–Crippen LogP) is 2.04. The van der Waals surface area contributed by atoms with Crippen LogP contribution in [-0.4, -0.2) is 42.9 Å². The topological polar surface area (TPSA) is 61.4 Å². The Labute approximate surface area is 133 Å². The largest absolute Gasteiger partial charge is 0.348 e. The second kappa shape index (κ2) is 9.95. The summed E-state index contributed by atoms with van der Waals surface area (Å²) in [6.07, 6.45) is 1.65. The van der Waals surface area contributed by atoms with Gasteiger partial charge in [0, 0.05) is 12.2 Å². The van der Waals surface area contributed by atoms with Crippen LogP contribution in [0.25, 0.3) is 0 Å². The van der Waals surface area contributed by atoms with Crippen molar-refractivity contribution in [3.63, 3.8) is 0 Å². The fourth-order valence-corrected chi connectivity index (χ4v) is 2.25. The van der Waals surface area contributed by atoms with Crippen molar-refractivity contribution in [3.8, 4) is 0 Å². The second-order valence-electron chi connectivity index (χ2n) is 5.10. The molecule has 1 aromatic carbocycles. The molecular formula is C17H27N3O2. The van der Waals surface area contributed by atoms with Gasteiger partial charge < -0.3 is 15.5 Å². The molecule has 2 amide bonds. The molecule has 1 aromatic rings. The average molecular weight is 305 g/mol. The Morgan fingerprint density at radius 3 is 2.36 bits per heavy atom. The molecule has 2 N–H and O–H groups in total. The maximum Gasteiger partial charge on any atom is 0.313 e. The molecule has 5 heteroatoms. The monoisotopic (exact) mass is 305 g/mol. The number of anilines is 1. The molecular weight excluding hydrogens is 278 g/mol. The first-order valence-corrected chi connectivity index (χ1v) is 8.01. The third kappa shape index (κ3) is 5.85. The van der Waals surface area contributed by atoms with E-state index in [0.717, 1.165) is 38.0 Å². The Hall–Kier alpha value is -1.88. The minimum atomic E-state index is -0.608. The Morgan fingerprint density at radius 1 is 1.05 bits per heavy atom. The molecule has 0 saturated heterocycles. The van der Waals surface area contributed by atoms with Crippen LogP contribution in [0.4, 0.5) is 5.69 Å².